The maximum Gasteiger partial charge on any atom is 0.220 e. The summed E-state index contributed by atoms with van der Waals surface area (Å²) in [5.41, 5.74) is 6.43. The van der Waals surface area contributed by atoms with E-state index in [-0.39, 0.29) is 11.9 Å². The van der Waals surface area contributed by atoms with Gasteiger partial charge in [0, 0.05) is 22.5 Å². The van der Waals surface area contributed by atoms with Crippen molar-refractivity contribution in [3.63, 3.8) is 0 Å². The molecule has 0 aliphatic carbocycles. The molecule has 0 saturated carbocycles. The maximum atomic E-state index is 11.8. The van der Waals surface area contributed by atoms with Gasteiger partial charge in [0.25, 0.3) is 0 Å². The highest BCUT2D eigenvalue weighted by Gasteiger charge is 2.10. The van der Waals surface area contributed by atoms with Crippen molar-refractivity contribution >= 4 is 29.1 Å². The maximum absolute atomic E-state index is 11.8. The van der Waals surface area contributed by atoms with E-state index in [0.717, 1.165) is 37.8 Å². The van der Waals surface area contributed by atoms with Crippen LogP contribution in [0, 0.1) is 0 Å². The Kier molecular flexibility index (Phi) is 8.74. The molecule has 0 bridgehead atoms. The molecule has 1 unspecified atom stereocenters. The lowest BCUT2D eigenvalue weighted by molar-refractivity contribution is -0.121. The fourth-order valence-electron chi connectivity index (χ4n) is 2.20. The number of carbonyl (C=O) groups excluding carboxylic acids is 1. The van der Waals surface area contributed by atoms with Crippen molar-refractivity contribution < 1.29 is 4.79 Å². The Hall–Kier alpha value is -0.770. The SMILES string of the molecule is CC(Cc1ccc(Cl)cc1Cl)NC(=O)CCCCCCN. The molecule has 1 rings (SSSR count). The van der Waals surface area contributed by atoms with Crippen LogP contribution in [0.3, 0.4) is 0 Å². The first-order chi connectivity index (χ1) is 10.0. The summed E-state index contributed by atoms with van der Waals surface area (Å²) in [6.07, 6.45) is 5.38. The first-order valence-electron chi connectivity index (χ1n) is 7.46. The zero-order valence-electron chi connectivity index (χ0n) is 12.5. The predicted octanol–water partition coefficient (Wildman–Crippen LogP) is 3.95. The molecule has 3 nitrogen and oxygen atoms in total. The molecule has 1 atom stereocenters. The van der Waals surface area contributed by atoms with Crippen molar-refractivity contribution in [2.75, 3.05) is 6.54 Å². The van der Waals surface area contributed by atoms with Crippen LogP contribution < -0.4 is 11.1 Å². The molecule has 0 aliphatic rings. The van der Waals surface area contributed by atoms with Gasteiger partial charge in [-0.1, -0.05) is 42.1 Å². The molecule has 0 radical (unpaired) electrons. The van der Waals surface area contributed by atoms with Crippen LogP contribution >= 0.6 is 23.2 Å². The second kappa shape index (κ2) is 10.0. The summed E-state index contributed by atoms with van der Waals surface area (Å²) < 4.78 is 0. The molecule has 0 fully saturated rings. The van der Waals surface area contributed by atoms with E-state index in [4.69, 9.17) is 28.9 Å². The quantitative estimate of drug-likeness (QED) is 0.673. The smallest absolute Gasteiger partial charge is 0.220 e. The van der Waals surface area contributed by atoms with Crippen LogP contribution in [-0.2, 0) is 11.2 Å². The highest BCUT2D eigenvalue weighted by Crippen LogP contribution is 2.22. The molecule has 118 valence electrons. The van der Waals surface area contributed by atoms with Gasteiger partial charge in [-0.15, -0.1) is 0 Å². The van der Waals surface area contributed by atoms with Gasteiger partial charge in [0.15, 0.2) is 0 Å². The normalized spacial score (nSPS) is 12.2. The number of amides is 1. The number of hydrogen-bond donors (Lipinski definition) is 2. The van der Waals surface area contributed by atoms with Crippen LogP contribution in [0.4, 0.5) is 0 Å². The number of benzene rings is 1. The molecule has 0 aliphatic heterocycles. The fourth-order valence-corrected chi connectivity index (χ4v) is 2.68. The van der Waals surface area contributed by atoms with Crippen LogP contribution in [0.5, 0.6) is 0 Å². The van der Waals surface area contributed by atoms with Gasteiger partial charge in [0.2, 0.25) is 5.91 Å². The molecule has 1 aromatic rings. The lowest BCUT2D eigenvalue weighted by atomic mass is 10.1. The van der Waals surface area contributed by atoms with Crippen molar-refractivity contribution in [3.8, 4) is 0 Å². The summed E-state index contributed by atoms with van der Waals surface area (Å²) in [5, 5.41) is 4.27. The number of carbonyl (C=O) groups is 1. The molecule has 1 amide bonds. The predicted molar refractivity (Wildman–Crippen MR) is 89.9 cm³/mol. The summed E-state index contributed by atoms with van der Waals surface area (Å²) in [6, 6.07) is 5.50. The van der Waals surface area contributed by atoms with E-state index in [9.17, 15) is 4.79 Å². The summed E-state index contributed by atoms with van der Waals surface area (Å²) >= 11 is 12.0. The van der Waals surface area contributed by atoms with Crippen molar-refractivity contribution in [1.82, 2.24) is 5.32 Å². The molecule has 0 aromatic heterocycles. The summed E-state index contributed by atoms with van der Waals surface area (Å²) in [7, 11) is 0. The first-order valence-corrected chi connectivity index (χ1v) is 8.22. The van der Waals surface area contributed by atoms with Crippen LogP contribution in [0.15, 0.2) is 18.2 Å². The molecule has 21 heavy (non-hydrogen) atoms. The van der Waals surface area contributed by atoms with E-state index in [1.807, 2.05) is 19.1 Å². The summed E-state index contributed by atoms with van der Waals surface area (Å²) in [5.74, 6) is 0.0975. The lowest BCUT2D eigenvalue weighted by Gasteiger charge is -2.15. The third-order valence-electron chi connectivity index (χ3n) is 3.31. The molecule has 0 heterocycles. The van der Waals surface area contributed by atoms with Crippen molar-refractivity contribution in [2.45, 2.75) is 51.5 Å². The Morgan fingerprint density at radius 3 is 2.62 bits per heavy atom. The number of halogens is 2. The number of rotatable bonds is 9. The number of hydrogen-bond acceptors (Lipinski definition) is 2. The standard InChI is InChI=1S/C16H24Cl2N2O/c1-12(10-13-7-8-14(17)11-15(13)18)20-16(21)6-4-2-3-5-9-19/h7-8,11-12H,2-6,9-10,19H2,1H3,(H,20,21). The van der Waals surface area contributed by atoms with E-state index in [0.29, 0.717) is 22.9 Å². The fraction of sp³-hybridized carbons (Fsp3) is 0.562. The minimum Gasteiger partial charge on any atom is -0.353 e. The van der Waals surface area contributed by atoms with Gasteiger partial charge in [-0.25, -0.2) is 0 Å². The Labute approximate surface area is 137 Å². The van der Waals surface area contributed by atoms with Gasteiger partial charge in [0.05, 0.1) is 0 Å². The van der Waals surface area contributed by atoms with Crippen LogP contribution in [0.1, 0.15) is 44.6 Å². The average molecular weight is 331 g/mol. The summed E-state index contributed by atoms with van der Waals surface area (Å²) in [6.45, 7) is 2.71. The number of nitrogens with two attached hydrogens (primary N) is 1. The topological polar surface area (TPSA) is 55.1 Å². The molecular weight excluding hydrogens is 307 g/mol. The Balaban J connectivity index is 2.29. The van der Waals surface area contributed by atoms with Crippen molar-refractivity contribution in [2.24, 2.45) is 5.73 Å². The Morgan fingerprint density at radius 2 is 1.95 bits per heavy atom. The van der Waals surface area contributed by atoms with E-state index < -0.39 is 0 Å². The molecule has 3 N–H and O–H groups in total. The molecule has 0 spiro atoms. The van der Waals surface area contributed by atoms with Gasteiger partial charge in [-0.3, -0.25) is 4.79 Å². The van der Waals surface area contributed by atoms with Crippen LogP contribution in [0.25, 0.3) is 0 Å². The summed E-state index contributed by atoms with van der Waals surface area (Å²) in [4.78, 5) is 11.8. The molecular formula is C16H24Cl2N2O. The molecule has 0 saturated heterocycles. The average Bonchev–Trinajstić information content (AvgIpc) is 2.41. The highest BCUT2D eigenvalue weighted by molar-refractivity contribution is 6.35. The van der Waals surface area contributed by atoms with Gasteiger partial charge in [-0.2, -0.15) is 0 Å². The molecule has 5 heteroatoms. The van der Waals surface area contributed by atoms with E-state index >= 15 is 0 Å². The van der Waals surface area contributed by atoms with Gasteiger partial charge < -0.3 is 11.1 Å². The van der Waals surface area contributed by atoms with Crippen molar-refractivity contribution in [3.05, 3.63) is 33.8 Å². The highest BCUT2D eigenvalue weighted by atomic mass is 35.5. The van der Waals surface area contributed by atoms with Gasteiger partial charge in [0.1, 0.15) is 0 Å². The second-order valence-corrected chi connectivity index (χ2v) is 6.20. The monoisotopic (exact) mass is 330 g/mol. The molecule has 1 aromatic carbocycles. The van der Waals surface area contributed by atoms with E-state index in [1.54, 1.807) is 6.07 Å². The minimum absolute atomic E-state index is 0.0558. The largest absolute Gasteiger partial charge is 0.353 e. The Morgan fingerprint density at radius 1 is 1.24 bits per heavy atom. The van der Waals surface area contributed by atoms with Gasteiger partial charge in [-0.05, 0) is 50.4 Å². The number of nitrogens with one attached hydrogen (secondary N) is 1. The Bertz CT molecular complexity index is 452. The van der Waals surface area contributed by atoms with Crippen molar-refractivity contribution in [1.29, 1.82) is 0 Å². The van der Waals surface area contributed by atoms with E-state index in [1.165, 1.54) is 0 Å². The third-order valence-corrected chi connectivity index (χ3v) is 3.89. The third kappa shape index (κ3) is 7.70. The van der Waals surface area contributed by atoms with Crippen LogP contribution in [-0.4, -0.2) is 18.5 Å². The first kappa shape index (κ1) is 18.3. The minimum atomic E-state index is 0.0558. The lowest BCUT2D eigenvalue weighted by Crippen LogP contribution is -2.33. The van der Waals surface area contributed by atoms with Crippen LogP contribution in [0.2, 0.25) is 10.0 Å². The number of unbranched alkanes of at least 4 members (excludes halogenated alkanes) is 3. The zero-order chi connectivity index (χ0) is 15.7. The van der Waals surface area contributed by atoms with E-state index in [2.05, 4.69) is 5.32 Å². The van der Waals surface area contributed by atoms with Gasteiger partial charge >= 0.3 is 0 Å². The zero-order valence-corrected chi connectivity index (χ0v) is 14.0. The second-order valence-electron chi connectivity index (χ2n) is 5.36.